The molecular weight excluding hydrogens is 362 g/mol. The SMILES string of the molecule is CN1CCC(N(C)C(=O)CCC2CCCN(Cc3cc4ccccc4o3)C2)CC1. The Balaban J connectivity index is 1.24. The molecule has 0 aliphatic carbocycles. The first-order valence-corrected chi connectivity index (χ1v) is 11.2. The number of carbonyl (C=O) groups is 1. The van der Waals surface area contributed by atoms with E-state index in [9.17, 15) is 4.79 Å². The zero-order valence-electron chi connectivity index (χ0n) is 18.0. The first kappa shape index (κ1) is 20.4. The van der Waals surface area contributed by atoms with Gasteiger partial charge in [0.25, 0.3) is 0 Å². The monoisotopic (exact) mass is 397 g/mol. The Hall–Kier alpha value is -1.85. The molecule has 1 aromatic carbocycles. The minimum atomic E-state index is 0.328. The first-order valence-electron chi connectivity index (χ1n) is 11.2. The Bertz CT molecular complexity index is 776. The van der Waals surface area contributed by atoms with Crippen molar-refractivity contribution in [2.45, 2.75) is 51.1 Å². The lowest BCUT2D eigenvalue weighted by Gasteiger charge is -2.36. The fourth-order valence-corrected chi connectivity index (χ4v) is 4.96. The number of fused-ring (bicyclic) bond motifs is 1. The van der Waals surface area contributed by atoms with Gasteiger partial charge in [0.05, 0.1) is 6.54 Å². The highest BCUT2D eigenvalue weighted by Crippen LogP contribution is 2.26. The number of nitrogens with zero attached hydrogens (tertiary/aromatic N) is 3. The van der Waals surface area contributed by atoms with Gasteiger partial charge in [-0.3, -0.25) is 9.69 Å². The summed E-state index contributed by atoms with van der Waals surface area (Å²) in [5.74, 6) is 1.99. The van der Waals surface area contributed by atoms with Crippen LogP contribution in [0.15, 0.2) is 34.7 Å². The highest BCUT2D eigenvalue weighted by molar-refractivity contribution is 5.77. The summed E-state index contributed by atoms with van der Waals surface area (Å²) in [4.78, 5) is 19.6. The van der Waals surface area contributed by atoms with Crippen LogP contribution in [-0.2, 0) is 11.3 Å². The molecule has 3 heterocycles. The van der Waals surface area contributed by atoms with Gasteiger partial charge >= 0.3 is 0 Å². The van der Waals surface area contributed by atoms with E-state index >= 15 is 0 Å². The van der Waals surface area contributed by atoms with Crippen LogP contribution in [0.2, 0.25) is 0 Å². The summed E-state index contributed by atoms with van der Waals surface area (Å²) in [5, 5.41) is 1.18. The molecule has 0 N–H and O–H groups in total. The van der Waals surface area contributed by atoms with Gasteiger partial charge in [-0.1, -0.05) is 18.2 Å². The lowest BCUT2D eigenvalue weighted by atomic mass is 9.92. The number of piperidine rings is 2. The quantitative estimate of drug-likeness (QED) is 0.739. The molecule has 5 nitrogen and oxygen atoms in total. The van der Waals surface area contributed by atoms with E-state index < -0.39 is 0 Å². The van der Waals surface area contributed by atoms with Crippen LogP contribution in [0.25, 0.3) is 11.0 Å². The van der Waals surface area contributed by atoms with Gasteiger partial charge in [0, 0.05) is 31.4 Å². The molecule has 1 amide bonds. The molecule has 0 spiro atoms. The van der Waals surface area contributed by atoms with Crippen molar-refractivity contribution in [3.05, 3.63) is 36.1 Å². The molecule has 2 fully saturated rings. The van der Waals surface area contributed by atoms with Gasteiger partial charge in [0.2, 0.25) is 5.91 Å². The molecule has 4 rings (SSSR count). The van der Waals surface area contributed by atoms with E-state index in [1.807, 2.05) is 24.1 Å². The Labute approximate surface area is 174 Å². The molecule has 2 aliphatic heterocycles. The molecule has 5 heteroatoms. The number of rotatable bonds is 6. The third kappa shape index (κ3) is 5.20. The van der Waals surface area contributed by atoms with Crippen LogP contribution < -0.4 is 0 Å². The molecule has 1 atom stereocenters. The maximum atomic E-state index is 12.7. The van der Waals surface area contributed by atoms with Gasteiger partial charge in [-0.2, -0.15) is 0 Å². The van der Waals surface area contributed by atoms with Gasteiger partial charge in [0.15, 0.2) is 0 Å². The molecular formula is C24H35N3O2. The molecule has 2 aromatic rings. The average molecular weight is 398 g/mol. The number of furan rings is 1. The second kappa shape index (κ2) is 9.31. The number of para-hydroxylation sites is 1. The first-order chi connectivity index (χ1) is 14.1. The van der Waals surface area contributed by atoms with Crippen LogP contribution in [0.1, 0.15) is 44.3 Å². The van der Waals surface area contributed by atoms with Crippen molar-refractivity contribution in [2.24, 2.45) is 5.92 Å². The van der Waals surface area contributed by atoms with E-state index in [0.717, 1.165) is 63.3 Å². The van der Waals surface area contributed by atoms with E-state index in [1.54, 1.807) is 0 Å². The zero-order valence-corrected chi connectivity index (χ0v) is 18.0. The normalized spacial score (nSPS) is 22.2. The lowest BCUT2D eigenvalue weighted by Crippen LogP contribution is -2.44. The molecule has 0 bridgehead atoms. The van der Waals surface area contributed by atoms with Gasteiger partial charge in [-0.25, -0.2) is 0 Å². The number of hydrogen-bond acceptors (Lipinski definition) is 4. The Kier molecular flexibility index (Phi) is 6.56. The summed E-state index contributed by atoms with van der Waals surface area (Å²) in [7, 11) is 4.17. The topological polar surface area (TPSA) is 39.9 Å². The summed E-state index contributed by atoms with van der Waals surface area (Å²) in [6.45, 7) is 5.26. The minimum absolute atomic E-state index is 0.328. The standard InChI is InChI=1S/C24H35N3O2/c1-25-14-11-21(12-15-25)26(2)24(28)10-9-19-6-5-13-27(17-19)18-22-16-20-7-3-4-8-23(20)29-22/h3-4,7-8,16,19,21H,5-6,9-15,17-18H2,1-2H3. The van der Waals surface area contributed by atoms with E-state index in [4.69, 9.17) is 4.42 Å². The van der Waals surface area contributed by atoms with E-state index in [0.29, 0.717) is 24.3 Å². The van der Waals surface area contributed by atoms with Crippen molar-refractivity contribution < 1.29 is 9.21 Å². The second-order valence-corrected chi connectivity index (χ2v) is 9.07. The summed E-state index contributed by atoms with van der Waals surface area (Å²) in [6.07, 6.45) is 6.35. The summed E-state index contributed by atoms with van der Waals surface area (Å²) in [6, 6.07) is 10.8. The van der Waals surface area contributed by atoms with Crippen LogP contribution >= 0.6 is 0 Å². The van der Waals surface area contributed by atoms with Crippen molar-refractivity contribution >= 4 is 16.9 Å². The van der Waals surface area contributed by atoms with E-state index in [-0.39, 0.29) is 0 Å². The van der Waals surface area contributed by atoms with Crippen molar-refractivity contribution in [2.75, 3.05) is 40.3 Å². The molecule has 29 heavy (non-hydrogen) atoms. The molecule has 2 aliphatic rings. The fraction of sp³-hybridized carbons (Fsp3) is 0.625. The Morgan fingerprint density at radius 3 is 2.76 bits per heavy atom. The molecule has 158 valence electrons. The van der Waals surface area contributed by atoms with Crippen molar-refractivity contribution in [3.63, 3.8) is 0 Å². The van der Waals surface area contributed by atoms with Gasteiger partial charge in [-0.15, -0.1) is 0 Å². The second-order valence-electron chi connectivity index (χ2n) is 9.07. The van der Waals surface area contributed by atoms with Crippen LogP contribution in [0.4, 0.5) is 0 Å². The van der Waals surface area contributed by atoms with Gasteiger partial charge in [0.1, 0.15) is 11.3 Å². The maximum Gasteiger partial charge on any atom is 0.222 e. The largest absolute Gasteiger partial charge is 0.460 e. The van der Waals surface area contributed by atoms with Crippen LogP contribution in [0, 0.1) is 5.92 Å². The van der Waals surface area contributed by atoms with Crippen LogP contribution in [0.3, 0.4) is 0 Å². The number of hydrogen-bond donors (Lipinski definition) is 0. The third-order valence-corrected chi connectivity index (χ3v) is 6.85. The average Bonchev–Trinajstić information content (AvgIpc) is 3.14. The maximum absolute atomic E-state index is 12.7. The molecule has 2 saturated heterocycles. The Morgan fingerprint density at radius 2 is 1.97 bits per heavy atom. The zero-order chi connectivity index (χ0) is 20.2. The predicted octanol–water partition coefficient (Wildman–Crippen LogP) is 3.98. The Morgan fingerprint density at radius 1 is 1.17 bits per heavy atom. The third-order valence-electron chi connectivity index (χ3n) is 6.85. The van der Waals surface area contributed by atoms with Crippen molar-refractivity contribution in [1.29, 1.82) is 0 Å². The van der Waals surface area contributed by atoms with Crippen LogP contribution in [-0.4, -0.2) is 66.9 Å². The summed E-state index contributed by atoms with van der Waals surface area (Å²) >= 11 is 0. The highest BCUT2D eigenvalue weighted by Gasteiger charge is 2.26. The lowest BCUT2D eigenvalue weighted by molar-refractivity contribution is -0.133. The molecule has 0 radical (unpaired) electrons. The molecule has 0 saturated carbocycles. The van der Waals surface area contributed by atoms with Gasteiger partial charge < -0.3 is 14.2 Å². The van der Waals surface area contributed by atoms with Crippen molar-refractivity contribution in [1.82, 2.24) is 14.7 Å². The fourth-order valence-electron chi connectivity index (χ4n) is 4.96. The smallest absolute Gasteiger partial charge is 0.222 e. The summed E-state index contributed by atoms with van der Waals surface area (Å²) < 4.78 is 6.00. The summed E-state index contributed by atoms with van der Waals surface area (Å²) in [5.41, 5.74) is 0.971. The number of benzene rings is 1. The molecule has 1 unspecified atom stereocenters. The number of carbonyl (C=O) groups excluding carboxylic acids is 1. The van der Waals surface area contributed by atoms with E-state index in [1.165, 1.54) is 18.2 Å². The highest BCUT2D eigenvalue weighted by atomic mass is 16.3. The molecule has 1 aromatic heterocycles. The van der Waals surface area contributed by atoms with Crippen molar-refractivity contribution in [3.8, 4) is 0 Å². The van der Waals surface area contributed by atoms with Gasteiger partial charge in [-0.05, 0) is 76.8 Å². The van der Waals surface area contributed by atoms with Crippen LogP contribution in [0.5, 0.6) is 0 Å². The number of likely N-dealkylation sites (tertiary alicyclic amines) is 2. The predicted molar refractivity (Wildman–Crippen MR) is 117 cm³/mol. The number of amides is 1. The minimum Gasteiger partial charge on any atom is -0.460 e. The van der Waals surface area contributed by atoms with E-state index in [2.05, 4.69) is 35.0 Å².